The fourth-order valence-electron chi connectivity index (χ4n) is 2.80. The summed E-state index contributed by atoms with van der Waals surface area (Å²) in [5, 5.41) is 20.2. The number of methoxy groups -OCH3 is 1. The molecule has 0 fully saturated rings. The van der Waals surface area contributed by atoms with Crippen molar-refractivity contribution in [2.75, 3.05) is 32.6 Å². The number of nitrogens with zero attached hydrogens (tertiary/aromatic N) is 2. The zero-order chi connectivity index (χ0) is 19.4. The minimum atomic E-state index is -0.327. The van der Waals surface area contributed by atoms with Gasteiger partial charge in [0.25, 0.3) is 5.91 Å². The van der Waals surface area contributed by atoms with Crippen LogP contribution in [-0.2, 0) is 6.54 Å². The van der Waals surface area contributed by atoms with Crippen LogP contribution in [0.25, 0.3) is 10.9 Å². The molecule has 0 unspecified atom stereocenters. The van der Waals surface area contributed by atoms with Gasteiger partial charge < -0.3 is 15.2 Å². The Morgan fingerprint density at radius 2 is 2.15 bits per heavy atom. The molecule has 0 spiro atoms. The largest absolute Gasteiger partial charge is 0.497 e. The van der Waals surface area contributed by atoms with Gasteiger partial charge in [-0.05, 0) is 49.0 Å². The van der Waals surface area contributed by atoms with Gasteiger partial charge in [-0.1, -0.05) is 11.6 Å². The molecule has 0 radical (unpaired) electrons. The maximum Gasteiger partial charge on any atom is 0.276 e. The Balaban J connectivity index is 1.82. The van der Waals surface area contributed by atoms with Crippen LogP contribution in [0.3, 0.4) is 0 Å². The maximum atomic E-state index is 12.7. The van der Waals surface area contributed by atoms with Crippen molar-refractivity contribution in [1.29, 1.82) is 0 Å². The van der Waals surface area contributed by atoms with Crippen molar-refractivity contribution in [3.63, 3.8) is 0 Å². The van der Waals surface area contributed by atoms with E-state index in [1.807, 2.05) is 24.1 Å². The molecule has 0 aliphatic carbocycles. The highest BCUT2D eigenvalue weighted by Crippen LogP contribution is 2.25. The summed E-state index contributed by atoms with van der Waals surface area (Å²) in [4.78, 5) is 14.6. The third kappa shape index (κ3) is 4.39. The number of halogens is 1. The van der Waals surface area contributed by atoms with Crippen LogP contribution in [-0.4, -0.2) is 53.4 Å². The number of benzene rings is 2. The molecule has 3 aromatic rings. The van der Waals surface area contributed by atoms with Crippen LogP contribution in [0.1, 0.15) is 16.1 Å². The number of hydrogen-bond acceptors (Lipinski definition) is 5. The number of anilines is 1. The Labute approximate surface area is 161 Å². The summed E-state index contributed by atoms with van der Waals surface area (Å²) in [7, 11) is 3.46. The van der Waals surface area contributed by atoms with Crippen LogP contribution in [0.2, 0.25) is 5.02 Å². The Hall–Kier alpha value is -2.61. The normalized spacial score (nSPS) is 11.1. The summed E-state index contributed by atoms with van der Waals surface area (Å²) >= 11 is 6.25. The summed E-state index contributed by atoms with van der Waals surface area (Å²) in [5.74, 6) is 0.324. The lowest BCUT2D eigenvalue weighted by Crippen LogP contribution is -2.21. The van der Waals surface area contributed by atoms with Crippen molar-refractivity contribution >= 4 is 34.1 Å². The fraction of sp³-hybridized carbons (Fsp3) is 0.263. The molecule has 0 aliphatic heterocycles. The Kier molecular flexibility index (Phi) is 5.95. The predicted molar refractivity (Wildman–Crippen MR) is 105 cm³/mol. The molecule has 3 N–H and O–H groups in total. The molecule has 8 heteroatoms. The molecule has 3 rings (SSSR count). The predicted octanol–water partition coefficient (Wildman–Crippen LogP) is 2.90. The monoisotopic (exact) mass is 388 g/mol. The zero-order valence-corrected chi connectivity index (χ0v) is 15.9. The van der Waals surface area contributed by atoms with E-state index in [4.69, 9.17) is 21.4 Å². The molecule has 27 heavy (non-hydrogen) atoms. The van der Waals surface area contributed by atoms with E-state index >= 15 is 0 Å². The number of carbonyl (C=O) groups is 1. The summed E-state index contributed by atoms with van der Waals surface area (Å²) in [5.41, 5.74) is 2.52. The first-order chi connectivity index (χ1) is 13.0. The van der Waals surface area contributed by atoms with Gasteiger partial charge in [0.05, 0.1) is 19.2 Å². The molecule has 0 aliphatic rings. The number of ether oxygens (including phenoxy) is 1. The molecule has 1 heterocycles. The van der Waals surface area contributed by atoms with Gasteiger partial charge in [-0.25, -0.2) is 0 Å². The number of aliphatic hydroxyl groups excluding tert-OH is 1. The van der Waals surface area contributed by atoms with Crippen molar-refractivity contribution in [3.8, 4) is 5.75 Å². The van der Waals surface area contributed by atoms with Gasteiger partial charge in [0.1, 0.15) is 5.75 Å². The van der Waals surface area contributed by atoms with E-state index in [1.165, 1.54) is 0 Å². The number of aromatic amines is 1. The molecule has 0 atom stereocenters. The highest BCUT2D eigenvalue weighted by Gasteiger charge is 2.16. The first-order valence-corrected chi connectivity index (χ1v) is 8.81. The molecule has 7 nitrogen and oxygen atoms in total. The van der Waals surface area contributed by atoms with Gasteiger partial charge in [-0.15, -0.1) is 0 Å². The molecule has 1 amide bonds. The maximum absolute atomic E-state index is 12.7. The second kappa shape index (κ2) is 8.39. The van der Waals surface area contributed by atoms with Crippen LogP contribution in [0.4, 0.5) is 5.69 Å². The number of fused-ring (bicyclic) bond motifs is 1. The number of H-pyrrole nitrogens is 1. The van der Waals surface area contributed by atoms with Crippen molar-refractivity contribution in [2.24, 2.45) is 0 Å². The van der Waals surface area contributed by atoms with Gasteiger partial charge in [0, 0.05) is 29.2 Å². The van der Waals surface area contributed by atoms with Crippen molar-refractivity contribution in [2.45, 2.75) is 6.54 Å². The van der Waals surface area contributed by atoms with Gasteiger partial charge >= 0.3 is 0 Å². The number of aliphatic hydroxyl groups is 1. The lowest BCUT2D eigenvalue weighted by molar-refractivity contribution is 0.102. The average Bonchev–Trinajstić information content (AvgIpc) is 3.07. The van der Waals surface area contributed by atoms with Gasteiger partial charge in [0.2, 0.25) is 0 Å². The fourth-order valence-corrected chi connectivity index (χ4v) is 2.98. The third-order valence-electron chi connectivity index (χ3n) is 4.21. The number of likely N-dealkylation sites (N-methyl/N-ethyl adjacent to an activating group) is 1. The third-order valence-corrected chi connectivity index (χ3v) is 4.58. The van der Waals surface area contributed by atoms with E-state index in [-0.39, 0.29) is 18.2 Å². The Morgan fingerprint density at radius 3 is 2.89 bits per heavy atom. The second-order valence-corrected chi connectivity index (χ2v) is 6.61. The van der Waals surface area contributed by atoms with Gasteiger partial charge in [-0.2, -0.15) is 5.10 Å². The van der Waals surface area contributed by atoms with Crippen LogP contribution in [0.5, 0.6) is 5.75 Å². The summed E-state index contributed by atoms with van der Waals surface area (Å²) < 4.78 is 5.22. The lowest BCUT2D eigenvalue weighted by Gasteiger charge is -2.17. The smallest absolute Gasteiger partial charge is 0.276 e. The number of carbonyl (C=O) groups excluding carboxylic acids is 1. The average molecular weight is 389 g/mol. The van der Waals surface area contributed by atoms with Gasteiger partial charge in [-0.3, -0.25) is 14.8 Å². The van der Waals surface area contributed by atoms with Crippen LogP contribution in [0, 0.1) is 0 Å². The molecular weight excluding hydrogens is 368 g/mol. The second-order valence-electron chi connectivity index (χ2n) is 6.21. The van der Waals surface area contributed by atoms with Crippen molar-refractivity contribution in [3.05, 3.63) is 52.7 Å². The quantitative estimate of drug-likeness (QED) is 0.579. The summed E-state index contributed by atoms with van der Waals surface area (Å²) in [6.07, 6.45) is 0. The molecule has 0 saturated carbocycles. The van der Waals surface area contributed by atoms with Crippen molar-refractivity contribution < 1.29 is 14.6 Å². The molecular formula is C19H21ClN4O3. The molecule has 0 bridgehead atoms. The first-order valence-electron chi connectivity index (χ1n) is 8.43. The summed E-state index contributed by atoms with van der Waals surface area (Å²) in [6, 6.07) is 10.7. The zero-order valence-electron chi connectivity index (χ0n) is 15.1. The van der Waals surface area contributed by atoms with E-state index in [0.717, 1.165) is 11.1 Å². The standard InChI is InChI=1S/C19H21ClN4O3/c1-24(7-8-25)11-12-9-13(3-5-16(12)20)21-19(26)18-15-10-14(27-2)4-6-17(15)22-23-18/h3-6,9-10,25H,7-8,11H2,1-2H3,(H,21,26)(H,22,23). The Bertz CT molecular complexity index is 957. The van der Waals surface area contributed by atoms with Crippen LogP contribution < -0.4 is 10.1 Å². The van der Waals surface area contributed by atoms with E-state index in [2.05, 4.69) is 15.5 Å². The molecule has 2 aromatic carbocycles. The van der Waals surface area contributed by atoms with E-state index < -0.39 is 0 Å². The van der Waals surface area contributed by atoms with Crippen LogP contribution in [0.15, 0.2) is 36.4 Å². The summed E-state index contributed by atoms with van der Waals surface area (Å²) in [6.45, 7) is 1.17. The molecule has 1 aromatic heterocycles. The molecule has 142 valence electrons. The lowest BCUT2D eigenvalue weighted by atomic mass is 10.1. The number of aromatic nitrogens is 2. The van der Waals surface area contributed by atoms with E-state index in [1.54, 1.807) is 31.4 Å². The first kappa shape index (κ1) is 19.2. The highest BCUT2D eigenvalue weighted by molar-refractivity contribution is 6.31. The Morgan fingerprint density at radius 1 is 1.33 bits per heavy atom. The van der Waals surface area contributed by atoms with E-state index in [9.17, 15) is 4.79 Å². The van der Waals surface area contributed by atoms with Crippen LogP contribution >= 0.6 is 11.6 Å². The minimum absolute atomic E-state index is 0.0697. The van der Waals surface area contributed by atoms with Crippen molar-refractivity contribution in [1.82, 2.24) is 15.1 Å². The SMILES string of the molecule is COc1ccc2[nH]nc(C(=O)Nc3ccc(Cl)c(CN(C)CCO)c3)c2c1. The number of rotatable bonds is 7. The van der Waals surface area contributed by atoms with E-state index in [0.29, 0.717) is 34.9 Å². The van der Waals surface area contributed by atoms with Gasteiger partial charge in [0.15, 0.2) is 5.69 Å². The topological polar surface area (TPSA) is 90.5 Å². The number of amides is 1. The molecule has 0 saturated heterocycles. The minimum Gasteiger partial charge on any atom is -0.497 e. The number of hydrogen-bond donors (Lipinski definition) is 3. The highest BCUT2D eigenvalue weighted by atomic mass is 35.5. The number of nitrogens with one attached hydrogen (secondary N) is 2.